The van der Waals surface area contributed by atoms with E-state index in [1.807, 2.05) is 37.3 Å². The van der Waals surface area contributed by atoms with Gasteiger partial charge in [-0.05, 0) is 42.7 Å². The minimum Gasteiger partial charge on any atom is -0.378 e. The summed E-state index contributed by atoms with van der Waals surface area (Å²) in [6.45, 7) is 1.99. The molecule has 1 aliphatic rings. The van der Waals surface area contributed by atoms with Crippen LogP contribution >= 0.6 is 23.4 Å². The standard InChI is InChI=1S/C25H25ClN4O3S/c1-25(12-13-34-24(30-25)29-23(33)21(31)16-6-3-2-4-7-16)18-9-5-8-17(14-18)22(32)28-20-11-10-19(26)15-27-20/h2-11,14-15,21-22,31-32H,12-13H2,1H3,(H,27,28)(H,29,30,33). The number of aromatic nitrogens is 1. The lowest BCUT2D eigenvalue weighted by Gasteiger charge is -2.31. The molecule has 0 spiro atoms. The van der Waals surface area contributed by atoms with Crippen molar-refractivity contribution in [2.24, 2.45) is 4.99 Å². The Bertz CT molecular complexity index is 1180. The maximum absolute atomic E-state index is 12.6. The number of rotatable bonds is 6. The quantitative estimate of drug-likeness (QED) is 0.377. The minimum absolute atomic E-state index is 0.461. The van der Waals surface area contributed by atoms with E-state index in [4.69, 9.17) is 16.6 Å². The number of benzene rings is 2. The predicted molar refractivity (Wildman–Crippen MR) is 136 cm³/mol. The number of hydrogen-bond acceptors (Lipinski definition) is 7. The Morgan fingerprint density at radius 1 is 1.09 bits per heavy atom. The fourth-order valence-electron chi connectivity index (χ4n) is 3.62. The van der Waals surface area contributed by atoms with E-state index in [2.05, 4.69) is 15.6 Å². The third-order valence-corrected chi connectivity index (χ3v) is 6.70. The average molecular weight is 497 g/mol. The van der Waals surface area contributed by atoms with Crippen molar-refractivity contribution >= 4 is 40.3 Å². The molecule has 9 heteroatoms. The second-order valence-electron chi connectivity index (χ2n) is 8.13. The third-order valence-electron chi connectivity index (χ3n) is 5.61. The normalized spacial score (nSPS) is 19.6. The molecule has 176 valence electrons. The maximum atomic E-state index is 12.6. The highest BCUT2D eigenvalue weighted by atomic mass is 35.5. The van der Waals surface area contributed by atoms with Crippen LogP contribution in [0.25, 0.3) is 0 Å². The molecule has 0 radical (unpaired) electrons. The number of nitrogens with one attached hydrogen (secondary N) is 2. The van der Waals surface area contributed by atoms with Gasteiger partial charge in [-0.2, -0.15) is 0 Å². The number of aliphatic hydroxyl groups excluding tert-OH is 2. The number of aliphatic hydroxyl groups is 2. The molecule has 4 N–H and O–H groups in total. The van der Waals surface area contributed by atoms with Crippen LogP contribution in [0, 0.1) is 0 Å². The Morgan fingerprint density at radius 3 is 2.59 bits per heavy atom. The summed E-state index contributed by atoms with van der Waals surface area (Å²) in [6, 6.07) is 19.7. The maximum Gasteiger partial charge on any atom is 0.259 e. The van der Waals surface area contributed by atoms with Crippen LogP contribution in [-0.2, 0) is 10.3 Å². The smallest absolute Gasteiger partial charge is 0.259 e. The number of hydrogen-bond donors (Lipinski definition) is 4. The second-order valence-corrected chi connectivity index (χ2v) is 9.65. The van der Waals surface area contributed by atoms with Crippen molar-refractivity contribution in [3.8, 4) is 0 Å². The first kappa shape index (κ1) is 24.2. The highest BCUT2D eigenvalue weighted by Gasteiger charge is 2.32. The molecule has 1 aromatic heterocycles. The van der Waals surface area contributed by atoms with E-state index in [0.717, 1.165) is 17.7 Å². The van der Waals surface area contributed by atoms with Crippen LogP contribution in [-0.4, -0.2) is 32.0 Å². The van der Waals surface area contributed by atoms with Gasteiger partial charge in [0.05, 0.1) is 10.6 Å². The zero-order valence-electron chi connectivity index (χ0n) is 18.5. The first-order chi connectivity index (χ1) is 16.3. The predicted octanol–water partition coefficient (Wildman–Crippen LogP) is 4.40. The number of anilines is 1. The zero-order chi connectivity index (χ0) is 24.1. The lowest BCUT2D eigenvalue weighted by atomic mass is 9.88. The lowest BCUT2D eigenvalue weighted by molar-refractivity contribution is -0.128. The topological polar surface area (TPSA) is 107 Å². The molecule has 0 saturated carbocycles. The van der Waals surface area contributed by atoms with Crippen LogP contribution in [0.1, 0.15) is 42.4 Å². The molecule has 4 rings (SSSR count). The summed E-state index contributed by atoms with van der Waals surface area (Å²) in [5.74, 6) is 0.727. The molecule has 2 heterocycles. The lowest BCUT2D eigenvalue weighted by Crippen LogP contribution is -2.37. The van der Waals surface area contributed by atoms with Crippen molar-refractivity contribution in [1.82, 2.24) is 10.3 Å². The van der Waals surface area contributed by atoms with Crippen LogP contribution in [0.4, 0.5) is 5.82 Å². The van der Waals surface area contributed by atoms with E-state index in [1.54, 1.807) is 36.4 Å². The summed E-state index contributed by atoms with van der Waals surface area (Å²) in [5, 5.41) is 27.7. The van der Waals surface area contributed by atoms with Gasteiger partial charge in [0.2, 0.25) is 0 Å². The number of amides is 1. The Labute approximate surface area is 207 Å². The summed E-state index contributed by atoms with van der Waals surface area (Å²) in [6.07, 6.45) is 0.0138. The molecule has 3 unspecified atom stereocenters. The van der Waals surface area contributed by atoms with Crippen molar-refractivity contribution in [3.63, 3.8) is 0 Å². The number of thioether (sulfide) groups is 1. The van der Waals surface area contributed by atoms with Gasteiger partial charge in [-0.1, -0.05) is 71.9 Å². The van der Waals surface area contributed by atoms with Crippen LogP contribution in [0.5, 0.6) is 0 Å². The molecule has 3 aromatic rings. The molecule has 0 saturated heterocycles. The number of amidine groups is 1. The van der Waals surface area contributed by atoms with Crippen molar-refractivity contribution in [1.29, 1.82) is 0 Å². The third kappa shape index (κ3) is 5.77. The highest BCUT2D eigenvalue weighted by Crippen LogP contribution is 2.36. The fraction of sp³-hybridized carbons (Fsp3) is 0.240. The van der Waals surface area contributed by atoms with Gasteiger partial charge in [0.1, 0.15) is 5.82 Å². The number of nitrogens with zero attached hydrogens (tertiary/aromatic N) is 2. The first-order valence-electron chi connectivity index (χ1n) is 10.8. The summed E-state index contributed by atoms with van der Waals surface area (Å²) >= 11 is 7.31. The summed E-state index contributed by atoms with van der Waals surface area (Å²) in [5.41, 5.74) is 1.49. The van der Waals surface area contributed by atoms with Gasteiger partial charge in [0.25, 0.3) is 5.91 Å². The zero-order valence-corrected chi connectivity index (χ0v) is 20.1. The van der Waals surface area contributed by atoms with Gasteiger partial charge >= 0.3 is 0 Å². The van der Waals surface area contributed by atoms with E-state index in [-0.39, 0.29) is 0 Å². The van der Waals surface area contributed by atoms with Gasteiger partial charge in [-0.15, -0.1) is 0 Å². The van der Waals surface area contributed by atoms with Gasteiger partial charge in [-0.3, -0.25) is 9.79 Å². The highest BCUT2D eigenvalue weighted by molar-refractivity contribution is 8.13. The first-order valence-corrected chi connectivity index (χ1v) is 12.1. The van der Waals surface area contributed by atoms with Gasteiger partial charge in [0.15, 0.2) is 17.5 Å². The Morgan fingerprint density at radius 2 is 1.85 bits per heavy atom. The monoisotopic (exact) mass is 496 g/mol. The Kier molecular flexibility index (Phi) is 7.53. The molecule has 7 nitrogen and oxygen atoms in total. The van der Waals surface area contributed by atoms with Crippen LogP contribution < -0.4 is 10.6 Å². The molecule has 2 aromatic carbocycles. The Hall–Kier alpha value is -2.91. The van der Waals surface area contributed by atoms with E-state index in [1.165, 1.54) is 18.0 Å². The van der Waals surface area contributed by atoms with E-state index in [9.17, 15) is 15.0 Å². The average Bonchev–Trinajstić information content (AvgIpc) is 2.85. The van der Waals surface area contributed by atoms with Crippen molar-refractivity contribution in [3.05, 3.63) is 94.6 Å². The number of aliphatic imine (C=N–C) groups is 1. The van der Waals surface area contributed by atoms with Gasteiger partial charge in [0, 0.05) is 17.5 Å². The van der Waals surface area contributed by atoms with Gasteiger partial charge in [-0.25, -0.2) is 4.98 Å². The summed E-state index contributed by atoms with van der Waals surface area (Å²) in [4.78, 5) is 21.5. The molecule has 0 fully saturated rings. The van der Waals surface area contributed by atoms with E-state index in [0.29, 0.717) is 27.1 Å². The number of carbonyl (C=O) groups is 1. The molecule has 34 heavy (non-hydrogen) atoms. The summed E-state index contributed by atoms with van der Waals surface area (Å²) < 4.78 is 0. The Balaban J connectivity index is 1.50. The van der Waals surface area contributed by atoms with E-state index >= 15 is 0 Å². The second kappa shape index (κ2) is 10.6. The number of halogens is 1. The van der Waals surface area contributed by atoms with Crippen LogP contribution in [0.3, 0.4) is 0 Å². The van der Waals surface area contributed by atoms with E-state index < -0.39 is 23.8 Å². The molecule has 1 aliphatic heterocycles. The van der Waals surface area contributed by atoms with Crippen molar-refractivity contribution in [2.75, 3.05) is 11.1 Å². The van der Waals surface area contributed by atoms with Gasteiger partial charge < -0.3 is 20.8 Å². The van der Waals surface area contributed by atoms with Crippen molar-refractivity contribution in [2.45, 2.75) is 31.2 Å². The minimum atomic E-state index is -1.27. The SMILES string of the molecule is CC1(c2cccc(C(O)Nc3ccc(Cl)cn3)c2)CCSC(NC(=O)C(O)c2ccccc2)=N1. The number of carbonyl (C=O) groups excluding carboxylic acids is 1. The van der Waals surface area contributed by atoms with Crippen LogP contribution in [0.15, 0.2) is 77.9 Å². The molecular weight excluding hydrogens is 472 g/mol. The molecule has 0 aliphatic carbocycles. The fourth-order valence-corrected chi connectivity index (χ4v) is 4.86. The molecule has 3 atom stereocenters. The van der Waals surface area contributed by atoms with Crippen molar-refractivity contribution < 1.29 is 15.0 Å². The molecule has 1 amide bonds. The largest absolute Gasteiger partial charge is 0.378 e. The molecular formula is C25H25ClN4O3S. The van der Waals surface area contributed by atoms with Crippen LogP contribution in [0.2, 0.25) is 5.02 Å². The molecule has 0 bridgehead atoms. The number of pyridine rings is 1. The summed E-state index contributed by atoms with van der Waals surface area (Å²) in [7, 11) is 0.